The summed E-state index contributed by atoms with van der Waals surface area (Å²) in [5.41, 5.74) is 3.71. The third kappa shape index (κ3) is 4.93. The van der Waals surface area contributed by atoms with Gasteiger partial charge in [0, 0.05) is 44.0 Å². The minimum atomic E-state index is -3.64. The number of hydrogen-bond donors (Lipinski definition) is 1. The first-order valence-electron chi connectivity index (χ1n) is 11.1. The highest BCUT2D eigenvalue weighted by Gasteiger charge is 2.24. The van der Waals surface area contributed by atoms with Gasteiger partial charge in [0.1, 0.15) is 0 Å². The second-order valence-corrected chi connectivity index (χ2v) is 10.5. The summed E-state index contributed by atoms with van der Waals surface area (Å²) in [7, 11) is -3.64. The van der Waals surface area contributed by atoms with E-state index in [4.69, 9.17) is 0 Å². The number of rotatable bonds is 6. The van der Waals surface area contributed by atoms with Crippen LogP contribution in [0.2, 0.25) is 0 Å². The number of carbonyl (C=O) groups excluding carboxylic acids is 1. The van der Waals surface area contributed by atoms with Crippen molar-refractivity contribution >= 4 is 27.3 Å². The van der Waals surface area contributed by atoms with Crippen LogP contribution in [-0.4, -0.2) is 34.0 Å². The largest absolute Gasteiger partial charge is 0.371 e. The van der Waals surface area contributed by atoms with E-state index < -0.39 is 10.0 Å². The van der Waals surface area contributed by atoms with Gasteiger partial charge in [0.15, 0.2) is 0 Å². The second kappa shape index (κ2) is 9.01. The number of nitrogens with zero attached hydrogens (tertiary/aromatic N) is 2. The van der Waals surface area contributed by atoms with Gasteiger partial charge in [-0.25, -0.2) is 13.1 Å². The van der Waals surface area contributed by atoms with Crippen molar-refractivity contribution in [3.63, 3.8) is 0 Å². The molecular weight excluding hydrogens is 410 g/mol. The van der Waals surface area contributed by atoms with E-state index in [1.54, 1.807) is 23.1 Å². The molecule has 7 heteroatoms. The maximum Gasteiger partial charge on any atom is 0.240 e. The topological polar surface area (TPSA) is 69.7 Å². The van der Waals surface area contributed by atoms with E-state index in [2.05, 4.69) is 28.7 Å². The highest BCUT2D eigenvalue weighted by atomic mass is 32.2. The molecule has 6 nitrogen and oxygen atoms in total. The molecule has 2 fully saturated rings. The number of aryl methyl sites for hydroxylation is 1. The molecule has 2 heterocycles. The maximum absolute atomic E-state index is 12.8. The highest BCUT2D eigenvalue weighted by molar-refractivity contribution is 7.89. The van der Waals surface area contributed by atoms with Gasteiger partial charge < -0.3 is 9.80 Å². The van der Waals surface area contributed by atoms with Crippen LogP contribution < -0.4 is 14.5 Å². The van der Waals surface area contributed by atoms with E-state index in [9.17, 15) is 13.2 Å². The van der Waals surface area contributed by atoms with Crippen LogP contribution >= 0.6 is 0 Å². The van der Waals surface area contributed by atoms with Crippen molar-refractivity contribution in [2.24, 2.45) is 5.92 Å². The lowest BCUT2D eigenvalue weighted by molar-refractivity contribution is -0.117. The van der Waals surface area contributed by atoms with Crippen molar-refractivity contribution in [1.29, 1.82) is 0 Å². The second-order valence-electron chi connectivity index (χ2n) is 8.78. The van der Waals surface area contributed by atoms with Crippen molar-refractivity contribution in [2.75, 3.05) is 29.4 Å². The Kier molecular flexibility index (Phi) is 6.34. The van der Waals surface area contributed by atoms with Gasteiger partial charge in [-0.3, -0.25) is 4.79 Å². The van der Waals surface area contributed by atoms with Crippen LogP contribution in [0.15, 0.2) is 47.4 Å². The SMILES string of the molecule is Cc1cc(S(=O)(=O)NCc2ccc(N3CCCC(C)C3)cc2)ccc1N1CCCC1=O. The Labute approximate surface area is 185 Å². The molecule has 0 aliphatic carbocycles. The molecule has 2 aliphatic rings. The highest BCUT2D eigenvalue weighted by Crippen LogP contribution is 2.27. The van der Waals surface area contributed by atoms with Gasteiger partial charge in [-0.05, 0) is 73.6 Å². The van der Waals surface area contributed by atoms with Crippen LogP contribution in [0.5, 0.6) is 0 Å². The summed E-state index contributed by atoms with van der Waals surface area (Å²) in [4.78, 5) is 16.4. The van der Waals surface area contributed by atoms with Crippen LogP contribution in [-0.2, 0) is 21.4 Å². The number of amides is 1. The van der Waals surface area contributed by atoms with Gasteiger partial charge >= 0.3 is 0 Å². The van der Waals surface area contributed by atoms with Crippen molar-refractivity contribution in [2.45, 2.75) is 51.0 Å². The Morgan fingerprint density at radius 2 is 1.84 bits per heavy atom. The van der Waals surface area contributed by atoms with E-state index in [-0.39, 0.29) is 17.3 Å². The third-order valence-corrected chi connectivity index (χ3v) is 7.67. The number of carbonyl (C=O) groups is 1. The van der Waals surface area contributed by atoms with Crippen molar-refractivity contribution < 1.29 is 13.2 Å². The summed E-state index contributed by atoms with van der Waals surface area (Å²) in [6.45, 7) is 7.21. The normalized spacial score (nSPS) is 19.8. The van der Waals surface area contributed by atoms with Crippen molar-refractivity contribution in [1.82, 2.24) is 4.72 Å². The molecule has 0 bridgehead atoms. The van der Waals surface area contributed by atoms with E-state index in [1.165, 1.54) is 18.5 Å². The van der Waals surface area contributed by atoms with Gasteiger partial charge in [0.25, 0.3) is 0 Å². The first-order valence-corrected chi connectivity index (χ1v) is 12.6. The Hall–Kier alpha value is -2.38. The first kappa shape index (κ1) is 21.8. The van der Waals surface area contributed by atoms with E-state index in [0.717, 1.165) is 36.3 Å². The van der Waals surface area contributed by atoms with Gasteiger partial charge in [-0.2, -0.15) is 0 Å². The number of anilines is 2. The molecule has 1 unspecified atom stereocenters. The zero-order valence-electron chi connectivity index (χ0n) is 18.3. The molecule has 0 aromatic heterocycles. The molecular formula is C24H31N3O3S. The van der Waals surface area contributed by atoms with Gasteiger partial charge in [-0.15, -0.1) is 0 Å². The minimum Gasteiger partial charge on any atom is -0.371 e. The van der Waals surface area contributed by atoms with E-state index in [0.29, 0.717) is 18.9 Å². The number of hydrogen-bond acceptors (Lipinski definition) is 4. The molecule has 0 spiro atoms. The average molecular weight is 442 g/mol. The molecule has 166 valence electrons. The fraction of sp³-hybridized carbons (Fsp3) is 0.458. The molecule has 4 rings (SSSR count). The molecule has 2 aliphatic heterocycles. The molecule has 0 saturated carbocycles. The summed E-state index contributed by atoms with van der Waals surface area (Å²) >= 11 is 0. The summed E-state index contributed by atoms with van der Waals surface area (Å²) < 4.78 is 28.3. The monoisotopic (exact) mass is 441 g/mol. The predicted molar refractivity (Wildman–Crippen MR) is 124 cm³/mol. The van der Waals surface area contributed by atoms with Gasteiger partial charge in [0.2, 0.25) is 15.9 Å². The predicted octanol–water partition coefficient (Wildman–Crippen LogP) is 3.84. The van der Waals surface area contributed by atoms with Gasteiger partial charge in [-0.1, -0.05) is 19.1 Å². The minimum absolute atomic E-state index is 0.0966. The zero-order chi connectivity index (χ0) is 22.0. The summed E-state index contributed by atoms with van der Waals surface area (Å²) in [5, 5.41) is 0. The summed E-state index contributed by atoms with van der Waals surface area (Å²) in [6.07, 6.45) is 3.89. The molecule has 1 amide bonds. The Morgan fingerprint density at radius 1 is 1.06 bits per heavy atom. The lowest BCUT2D eigenvalue weighted by Gasteiger charge is -2.32. The van der Waals surface area contributed by atoms with Crippen molar-refractivity contribution in [3.05, 3.63) is 53.6 Å². The van der Waals surface area contributed by atoms with E-state index >= 15 is 0 Å². The molecule has 1 N–H and O–H groups in total. The van der Waals surface area contributed by atoms with Crippen LogP contribution in [0.4, 0.5) is 11.4 Å². The fourth-order valence-corrected chi connectivity index (χ4v) is 5.61. The standard InChI is InChI=1S/C24H31N3O3S/c1-18-5-3-13-26(17-18)21-9-7-20(8-10-21)16-25-31(29,30)22-11-12-23(19(2)15-22)27-14-4-6-24(27)28/h7-12,15,18,25H,3-6,13-14,16-17H2,1-2H3. The number of nitrogens with one attached hydrogen (secondary N) is 1. The van der Waals surface area contributed by atoms with Gasteiger partial charge in [0.05, 0.1) is 4.90 Å². The van der Waals surface area contributed by atoms with Crippen LogP contribution in [0, 0.1) is 12.8 Å². The smallest absolute Gasteiger partial charge is 0.240 e. The lowest BCUT2D eigenvalue weighted by atomic mass is 9.99. The first-order chi connectivity index (χ1) is 14.8. The van der Waals surface area contributed by atoms with Crippen LogP contribution in [0.1, 0.15) is 43.7 Å². The molecule has 31 heavy (non-hydrogen) atoms. The molecule has 2 aromatic carbocycles. The maximum atomic E-state index is 12.8. The molecule has 2 aromatic rings. The Balaban J connectivity index is 1.41. The molecule has 0 radical (unpaired) electrons. The average Bonchev–Trinajstić information content (AvgIpc) is 3.18. The summed E-state index contributed by atoms with van der Waals surface area (Å²) in [5.74, 6) is 0.804. The molecule has 1 atom stereocenters. The zero-order valence-corrected chi connectivity index (χ0v) is 19.1. The van der Waals surface area contributed by atoms with Crippen LogP contribution in [0.3, 0.4) is 0 Å². The fourth-order valence-electron chi connectivity index (χ4n) is 4.51. The quantitative estimate of drug-likeness (QED) is 0.740. The Morgan fingerprint density at radius 3 is 2.48 bits per heavy atom. The van der Waals surface area contributed by atoms with E-state index in [1.807, 2.05) is 19.1 Å². The van der Waals surface area contributed by atoms with Crippen molar-refractivity contribution in [3.8, 4) is 0 Å². The number of benzene rings is 2. The van der Waals surface area contributed by atoms with Crippen LogP contribution in [0.25, 0.3) is 0 Å². The summed E-state index contributed by atoms with van der Waals surface area (Å²) in [6, 6.07) is 13.1. The number of piperidine rings is 1. The molecule has 2 saturated heterocycles. The third-order valence-electron chi connectivity index (χ3n) is 6.27. The Bertz CT molecular complexity index is 1050. The lowest BCUT2D eigenvalue weighted by Crippen LogP contribution is -2.34. The number of sulfonamides is 1.